The molecule has 2 unspecified atom stereocenters. The summed E-state index contributed by atoms with van der Waals surface area (Å²) >= 11 is 0. The minimum atomic E-state index is -0.791. The Kier molecular flexibility index (Phi) is 7.87. The maximum atomic E-state index is 11.3. The van der Waals surface area contributed by atoms with Crippen LogP contribution < -0.4 is 0 Å². The Morgan fingerprint density at radius 2 is 1.19 bits per heavy atom. The van der Waals surface area contributed by atoms with Crippen molar-refractivity contribution in [3.63, 3.8) is 0 Å². The van der Waals surface area contributed by atoms with Crippen molar-refractivity contribution in [1.82, 2.24) is 0 Å². The van der Waals surface area contributed by atoms with Crippen LogP contribution in [-0.4, -0.2) is 22.2 Å². The van der Waals surface area contributed by atoms with Crippen molar-refractivity contribution in [1.29, 1.82) is 0 Å². The second-order valence-corrected chi connectivity index (χ2v) is 6.68. The summed E-state index contributed by atoms with van der Waals surface area (Å²) in [4.78, 5) is 22.1. The summed E-state index contributed by atoms with van der Waals surface area (Å²) < 4.78 is 0. The zero-order valence-corrected chi connectivity index (χ0v) is 14.9. The van der Waals surface area contributed by atoms with Crippen LogP contribution in [0.25, 0.3) is 0 Å². The third-order valence-corrected chi connectivity index (χ3v) is 4.77. The van der Waals surface area contributed by atoms with Gasteiger partial charge in [0.1, 0.15) is 0 Å². The molecule has 0 bridgehead atoms. The lowest BCUT2D eigenvalue weighted by Gasteiger charge is -2.21. The molecule has 0 spiro atoms. The van der Waals surface area contributed by atoms with Gasteiger partial charge in [0.15, 0.2) is 0 Å². The SMILES string of the molecule is O=C(O)CCCC(CCC(CC(=O)O)c1ccccc1)c1ccccc1. The van der Waals surface area contributed by atoms with E-state index in [1.165, 1.54) is 5.56 Å². The summed E-state index contributed by atoms with van der Waals surface area (Å²) in [7, 11) is 0. The molecule has 0 fully saturated rings. The van der Waals surface area contributed by atoms with Crippen LogP contribution in [0.4, 0.5) is 0 Å². The van der Waals surface area contributed by atoms with Gasteiger partial charge in [-0.15, -0.1) is 0 Å². The lowest BCUT2D eigenvalue weighted by molar-refractivity contribution is -0.138. The standard InChI is InChI=1S/C22H26O4/c23-21(24)13-7-12-19(17-8-3-1-4-9-17)14-15-20(16-22(25)26)18-10-5-2-6-11-18/h1-6,8-11,19-20H,7,12-16H2,(H,23,24)(H,25,26). The second-order valence-electron chi connectivity index (χ2n) is 6.68. The summed E-state index contributed by atoms with van der Waals surface area (Å²) in [6.07, 6.45) is 3.31. The Morgan fingerprint density at radius 1 is 0.692 bits per heavy atom. The first-order valence-electron chi connectivity index (χ1n) is 9.09. The van der Waals surface area contributed by atoms with Crippen LogP contribution >= 0.6 is 0 Å². The van der Waals surface area contributed by atoms with E-state index in [1.807, 2.05) is 48.5 Å². The fourth-order valence-electron chi connectivity index (χ4n) is 3.43. The molecular formula is C22H26O4. The molecule has 0 amide bonds. The summed E-state index contributed by atoms with van der Waals surface area (Å²) in [5.74, 6) is -1.35. The van der Waals surface area contributed by atoms with Gasteiger partial charge in [-0.1, -0.05) is 60.7 Å². The van der Waals surface area contributed by atoms with E-state index < -0.39 is 11.9 Å². The van der Waals surface area contributed by atoms with Crippen LogP contribution in [0.3, 0.4) is 0 Å². The smallest absolute Gasteiger partial charge is 0.303 e. The van der Waals surface area contributed by atoms with Crippen molar-refractivity contribution in [2.24, 2.45) is 0 Å². The van der Waals surface area contributed by atoms with Gasteiger partial charge in [-0.2, -0.15) is 0 Å². The fraction of sp³-hybridized carbons (Fsp3) is 0.364. The normalized spacial score (nSPS) is 13.1. The Morgan fingerprint density at radius 3 is 1.69 bits per heavy atom. The van der Waals surface area contributed by atoms with Gasteiger partial charge in [0, 0.05) is 6.42 Å². The average Bonchev–Trinajstić information content (AvgIpc) is 2.64. The number of hydrogen-bond acceptors (Lipinski definition) is 2. The van der Waals surface area contributed by atoms with Gasteiger partial charge in [0.25, 0.3) is 0 Å². The largest absolute Gasteiger partial charge is 0.481 e. The maximum Gasteiger partial charge on any atom is 0.303 e. The Balaban J connectivity index is 2.07. The van der Waals surface area contributed by atoms with Crippen LogP contribution in [0.2, 0.25) is 0 Å². The number of carbonyl (C=O) groups is 2. The zero-order chi connectivity index (χ0) is 18.8. The molecule has 0 aliphatic rings. The molecule has 0 saturated carbocycles. The van der Waals surface area contributed by atoms with Crippen molar-refractivity contribution in [3.05, 3.63) is 71.8 Å². The first-order chi connectivity index (χ1) is 12.6. The molecule has 0 heterocycles. The monoisotopic (exact) mass is 354 g/mol. The molecule has 2 atom stereocenters. The molecule has 4 heteroatoms. The highest BCUT2D eigenvalue weighted by atomic mass is 16.4. The van der Waals surface area contributed by atoms with E-state index in [1.54, 1.807) is 0 Å². The summed E-state index contributed by atoms with van der Waals surface area (Å²) in [5, 5.41) is 18.2. The lowest BCUT2D eigenvalue weighted by atomic mass is 9.83. The second kappa shape index (κ2) is 10.4. The number of hydrogen-bond donors (Lipinski definition) is 2. The predicted molar refractivity (Wildman–Crippen MR) is 101 cm³/mol. The molecule has 0 saturated heterocycles. The van der Waals surface area contributed by atoms with Crippen LogP contribution in [0.1, 0.15) is 61.5 Å². The van der Waals surface area contributed by atoms with Gasteiger partial charge in [0.05, 0.1) is 6.42 Å². The zero-order valence-electron chi connectivity index (χ0n) is 14.9. The molecule has 2 aromatic rings. The molecule has 0 aromatic heterocycles. The van der Waals surface area contributed by atoms with E-state index in [0.717, 1.165) is 24.8 Å². The van der Waals surface area contributed by atoms with Gasteiger partial charge in [-0.05, 0) is 48.6 Å². The third-order valence-electron chi connectivity index (χ3n) is 4.77. The number of benzene rings is 2. The first kappa shape index (κ1) is 19.7. The van der Waals surface area contributed by atoms with Crippen molar-refractivity contribution in [3.8, 4) is 0 Å². The quantitative estimate of drug-likeness (QED) is 0.591. The highest BCUT2D eigenvalue weighted by Gasteiger charge is 2.19. The van der Waals surface area contributed by atoms with E-state index in [-0.39, 0.29) is 24.7 Å². The van der Waals surface area contributed by atoms with Crippen molar-refractivity contribution >= 4 is 11.9 Å². The Bertz CT molecular complexity index is 682. The molecule has 138 valence electrons. The van der Waals surface area contributed by atoms with Gasteiger partial charge >= 0.3 is 11.9 Å². The molecule has 2 rings (SSSR count). The summed E-state index contributed by atoms with van der Waals surface area (Å²) in [5.41, 5.74) is 2.24. The number of carboxylic acids is 2. The summed E-state index contributed by atoms with van der Waals surface area (Å²) in [6, 6.07) is 19.9. The lowest BCUT2D eigenvalue weighted by Crippen LogP contribution is -2.09. The average molecular weight is 354 g/mol. The highest BCUT2D eigenvalue weighted by molar-refractivity contribution is 5.68. The van der Waals surface area contributed by atoms with E-state index in [9.17, 15) is 14.7 Å². The minimum absolute atomic E-state index is 0.0283. The van der Waals surface area contributed by atoms with E-state index in [4.69, 9.17) is 5.11 Å². The third kappa shape index (κ3) is 6.71. The summed E-state index contributed by atoms with van der Waals surface area (Å²) in [6.45, 7) is 0. The Labute approximate surface area is 154 Å². The number of carboxylic acid groups (broad SMARTS) is 2. The molecule has 2 aromatic carbocycles. The molecule has 26 heavy (non-hydrogen) atoms. The first-order valence-corrected chi connectivity index (χ1v) is 9.09. The van der Waals surface area contributed by atoms with Gasteiger partial charge in [-0.25, -0.2) is 0 Å². The molecule has 0 aliphatic heterocycles. The Hall–Kier alpha value is -2.62. The fourth-order valence-corrected chi connectivity index (χ4v) is 3.43. The van der Waals surface area contributed by atoms with Crippen molar-refractivity contribution in [2.45, 2.75) is 50.4 Å². The van der Waals surface area contributed by atoms with Crippen molar-refractivity contribution < 1.29 is 19.8 Å². The van der Waals surface area contributed by atoms with Gasteiger partial charge in [-0.3, -0.25) is 9.59 Å². The number of rotatable bonds is 11. The maximum absolute atomic E-state index is 11.3. The number of aliphatic carboxylic acids is 2. The van der Waals surface area contributed by atoms with Crippen molar-refractivity contribution in [2.75, 3.05) is 0 Å². The van der Waals surface area contributed by atoms with Crippen LogP contribution in [-0.2, 0) is 9.59 Å². The van der Waals surface area contributed by atoms with E-state index in [0.29, 0.717) is 6.42 Å². The van der Waals surface area contributed by atoms with E-state index >= 15 is 0 Å². The molecular weight excluding hydrogens is 328 g/mol. The minimum Gasteiger partial charge on any atom is -0.481 e. The molecule has 2 N–H and O–H groups in total. The molecule has 0 radical (unpaired) electrons. The molecule has 4 nitrogen and oxygen atoms in total. The van der Waals surface area contributed by atoms with Crippen LogP contribution in [0.5, 0.6) is 0 Å². The van der Waals surface area contributed by atoms with Gasteiger partial charge < -0.3 is 10.2 Å². The molecule has 0 aliphatic carbocycles. The van der Waals surface area contributed by atoms with Crippen LogP contribution in [0.15, 0.2) is 60.7 Å². The van der Waals surface area contributed by atoms with Crippen LogP contribution in [0, 0.1) is 0 Å². The van der Waals surface area contributed by atoms with E-state index in [2.05, 4.69) is 12.1 Å². The highest BCUT2D eigenvalue weighted by Crippen LogP contribution is 2.33. The predicted octanol–water partition coefficient (Wildman–Crippen LogP) is 5.06. The van der Waals surface area contributed by atoms with Gasteiger partial charge in [0.2, 0.25) is 0 Å². The topological polar surface area (TPSA) is 74.6 Å².